The van der Waals surface area contributed by atoms with Gasteiger partial charge in [0.1, 0.15) is 0 Å². The first kappa shape index (κ1) is 69.3. The fourth-order valence-electron chi connectivity index (χ4n) is 15.1. The van der Waals surface area contributed by atoms with Crippen molar-refractivity contribution in [2.24, 2.45) is 0 Å². The maximum Gasteiger partial charge on any atom is 0.164 e. The molecule has 0 radical (unpaired) electrons. The molecule has 0 saturated carbocycles. The molecule has 0 aliphatic rings. The second-order valence-electron chi connectivity index (χ2n) is 28.5. The molecule has 0 unspecified atom stereocenters. The van der Waals surface area contributed by atoms with E-state index in [0.717, 1.165) is 178 Å². The molecular formula is C105H71N9. The number of hydrogen-bond acceptors (Lipinski definition) is 9. The van der Waals surface area contributed by atoms with Gasteiger partial charge in [0.05, 0.1) is 44.8 Å². The molecule has 0 saturated heterocycles. The van der Waals surface area contributed by atoms with Gasteiger partial charge in [-0.2, -0.15) is 0 Å². The van der Waals surface area contributed by atoms with Crippen LogP contribution in [0.15, 0.2) is 394 Å². The van der Waals surface area contributed by atoms with E-state index in [-0.39, 0.29) is 0 Å². The standard InChI is InChI=1S/C53H36N4.C52H35N5/c1-35-32-47(46-30-28-42-29-31-48(39-14-7-3-8-15-39)55-51(42)52(46)54-35)45-19-11-18-44(33-45)38-20-24-41(25-21-38)50-34-49(40-16-9-4-10-17-40)56-53(57-50)43-26-22-37(23-27-43)36-12-5-2-6-13-36;1-34-32-46(45-30-28-40-29-31-47(39-14-7-3-8-15-39)54-48(40)49(45)53-34)38-24-20-37(21-25-38)43-18-11-19-44(33-43)52-56-50(41-16-9-4-10-17-41)55-51(57-52)42-26-22-36(23-27-42)35-12-5-2-6-13-35/h2-34H,1H3;2-33H,1H3. The molecule has 536 valence electrons. The molecule has 20 rings (SSSR count). The number of benzene rings is 14. The Bertz CT molecular complexity index is 6910. The Hall–Kier alpha value is -15.2. The minimum Gasteiger partial charge on any atom is -0.251 e. The molecule has 9 heteroatoms. The monoisotopic (exact) mass is 1460 g/mol. The highest BCUT2D eigenvalue weighted by atomic mass is 15.0. The smallest absolute Gasteiger partial charge is 0.164 e. The van der Waals surface area contributed by atoms with E-state index >= 15 is 0 Å². The van der Waals surface area contributed by atoms with Crippen molar-refractivity contribution in [2.75, 3.05) is 0 Å². The first-order valence-corrected chi connectivity index (χ1v) is 38.3. The minimum absolute atomic E-state index is 0.624. The van der Waals surface area contributed by atoms with Gasteiger partial charge in [-0.3, -0.25) is 9.97 Å². The lowest BCUT2D eigenvalue weighted by Gasteiger charge is -2.13. The topological polar surface area (TPSA) is 116 Å². The van der Waals surface area contributed by atoms with Crippen LogP contribution in [0, 0.1) is 13.8 Å². The molecule has 0 N–H and O–H groups in total. The maximum atomic E-state index is 5.14. The molecule has 0 bridgehead atoms. The van der Waals surface area contributed by atoms with Crippen LogP contribution < -0.4 is 0 Å². The normalized spacial score (nSPS) is 11.2. The van der Waals surface area contributed by atoms with Crippen LogP contribution in [0.3, 0.4) is 0 Å². The van der Waals surface area contributed by atoms with Crippen LogP contribution in [0.5, 0.6) is 0 Å². The summed E-state index contributed by atoms with van der Waals surface area (Å²) in [4.78, 5) is 45.5. The average Bonchev–Trinajstić information content (AvgIpc) is 0.762. The molecule has 0 atom stereocenters. The zero-order chi connectivity index (χ0) is 76.3. The fourth-order valence-corrected chi connectivity index (χ4v) is 15.1. The Morgan fingerprint density at radius 2 is 0.421 bits per heavy atom. The second kappa shape index (κ2) is 30.7. The number of nitrogens with zero attached hydrogens (tertiary/aromatic N) is 9. The van der Waals surface area contributed by atoms with E-state index in [1.807, 2.05) is 97.1 Å². The fraction of sp³-hybridized carbons (Fsp3) is 0.0190. The highest BCUT2D eigenvalue weighted by Gasteiger charge is 2.19. The first-order chi connectivity index (χ1) is 56.2. The molecular weight excluding hydrogens is 1390 g/mol. The quantitative estimate of drug-likeness (QED) is 0.0981. The molecule has 0 fully saturated rings. The third-order valence-electron chi connectivity index (χ3n) is 21.0. The average molecular weight is 1460 g/mol. The van der Waals surface area contributed by atoms with Crippen LogP contribution in [0.4, 0.5) is 0 Å². The zero-order valence-corrected chi connectivity index (χ0v) is 62.6. The van der Waals surface area contributed by atoms with E-state index in [1.165, 1.54) is 11.1 Å². The summed E-state index contributed by atoms with van der Waals surface area (Å²) in [5.74, 6) is 2.59. The molecule has 0 aliphatic carbocycles. The van der Waals surface area contributed by atoms with E-state index < -0.39 is 0 Å². The minimum atomic E-state index is 0.624. The predicted molar refractivity (Wildman–Crippen MR) is 469 cm³/mol. The molecule has 0 spiro atoms. The molecule has 6 aromatic heterocycles. The van der Waals surface area contributed by atoms with Gasteiger partial charge in [-0.15, -0.1) is 0 Å². The Labute approximate surface area is 661 Å². The number of aromatic nitrogens is 9. The van der Waals surface area contributed by atoms with E-state index in [2.05, 4.69) is 311 Å². The summed E-state index contributed by atoms with van der Waals surface area (Å²) in [6.45, 7) is 4.12. The first-order valence-electron chi connectivity index (χ1n) is 38.3. The van der Waals surface area contributed by atoms with Crippen molar-refractivity contribution in [1.29, 1.82) is 0 Å². The second-order valence-corrected chi connectivity index (χ2v) is 28.5. The highest BCUT2D eigenvalue weighted by Crippen LogP contribution is 2.40. The van der Waals surface area contributed by atoms with Crippen molar-refractivity contribution in [1.82, 2.24) is 44.9 Å². The maximum absolute atomic E-state index is 5.14. The Morgan fingerprint density at radius 3 is 0.851 bits per heavy atom. The molecule has 9 nitrogen and oxygen atoms in total. The Morgan fingerprint density at radius 1 is 0.149 bits per heavy atom. The lowest BCUT2D eigenvalue weighted by atomic mass is 9.95. The van der Waals surface area contributed by atoms with Crippen LogP contribution in [-0.4, -0.2) is 44.9 Å². The molecule has 6 heterocycles. The molecule has 0 aliphatic heterocycles. The Kier molecular flexibility index (Phi) is 18.7. The van der Waals surface area contributed by atoms with Crippen molar-refractivity contribution in [3.8, 4) is 157 Å². The summed E-state index contributed by atoms with van der Waals surface area (Å²) in [7, 11) is 0. The molecule has 114 heavy (non-hydrogen) atoms. The number of pyridine rings is 4. The SMILES string of the molecule is Cc1cc(-c2ccc(-c3cccc(-c4nc(-c5ccccc5)nc(-c5ccc(-c6ccccc6)cc5)n4)c3)cc2)c2ccc3ccc(-c4ccccc4)nc3c2n1.Cc1cc(-c2cccc(-c3ccc(-c4cc(-c5ccccc5)nc(-c5ccc(-c6ccccc6)cc5)n4)cc3)c2)c2ccc3ccc(-c4ccccc4)nc3c2n1. The van der Waals surface area contributed by atoms with Crippen LogP contribution >= 0.6 is 0 Å². The summed E-state index contributed by atoms with van der Waals surface area (Å²) in [5.41, 5.74) is 30.9. The molecule has 0 amide bonds. The van der Waals surface area contributed by atoms with Crippen molar-refractivity contribution in [3.05, 3.63) is 406 Å². The number of rotatable bonds is 14. The van der Waals surface area contributed by atoms with Gasteiger partial charge in [0.2, 0.25) is 0 Å². The van der Waals surface area contributed by atoms with Gasteiger partial charge in [-0.05, 0) is 123 Å². The summed E-state index contributed by atoms with van der Waals surface area (Å²) >= 11 is 0. The molecule has 14 aromatic carbocycles. The third-order valence-corrected chi connectivity index (χ3v) is 21.0. The van der Waals surface area contributed by atoms with Crippen LogP contribution in [0.25, 0.3) is 201 Å². The summed E-state index contributed by atoms with van der Waals surface area (Å²) in [5, 5.41) is 4.31. The lowest BCUT2D eigenvalue weighted by molar-refractivity contribution is 1.07. The van der Waals surface area contributed by atoms with Gasteiger partial charge >= 0.3 is 0 Å². The third kappa shape index (κ3) is 14.4. The number of hydrogen-bond donors (Lipinski definition) is 0. The highest BCUT2D eigenvalue weighted by molar-refractivity contribution is 6.10. The van der Waals surface area contributed by atoms with Gasteiger partial charge in [0, 0.05) is 77.4 Å². The van der Waals surface area contributed by atoms with E-state index in [9.17, 15) is 0 Å². The van der Waals surface area contributed by atoms with Gasteiger partial charge in [-0.25, -0.2) is 34.9 Å². The van der Waals surface area contributed by atoms with Crippen molar-refractivity contribution < 1.29 is 0 Å². The predicted octanol–water partition coefficient (Wildman–Crippen LogP) is 26.5. The van der Waals surface area contributed by atoms with Crippen molar-refractivity contribution in [3.63, 3.8) is 0 Å². The van der Waals surface area contributed by atoms with Gasteiger partial charge < -0.3 is 0 Å². The van der Waals surface area contributed by atoms with Gasteiger partial charge in [-0.1, -0.05) is 352 Å². The summed E-state index contributed by atoms with van der Waals surface area (Å²) in [6.07, 6.45) is 0. The Balaban J connectivity index is 0.000000153. The van der Waals surface area contributed by atoms with Gasteiger partial charge in [0.15, 0.2) is 23.3 Å². The van der Waals surface area contributed by atoms with Crippen LogP contribution in [0.1, 0.15) is 11.4 Å². The van der Waals surface area contributed by atoms with Crippen LogP contribution in [-0.2, 0) is 0 Å². The zero-order valence-electron chi connectivity index (χ0n) is 62.6. The van der Waals surface area contributed by atoms with Crippen LogP contribution in [0.2, 0.25) is 0 Å². The van der Waals surface area contributed by atoms with E-state index in [4.69, 9.17) is 44.9 Å². The van der Waals surface area contributed by atoms with E-state index in [1.54, 1.807) is 0 Å². The largest absolute Gasteiger partial charge is 0.251 e. The van der Waals surface area contributed by atoms with Crippen molar-refractivity contribution in [2.45, 2.75) is 13.8 Å². The summed E-state index contributed by atoms with van der Waals surface area (Å²) < 4.78 is 0. The van der Waals surface area contributed by atoms with Gasteiger partial charge in [0.25, 0.3) is 0 Å². The number of fused-ring (bicyclic) bond motifs is 6. The van der Waals surface area contributed by atoms with E-state index in [0.29, 0.717) is 23.3 Å². The van der Waals surface area contributed by atoms with Crippen molar-refractivity contribution >= 4 is 43.6 Å². The summed E-state index contributed by atoms with van der Waals surface area (Å²) in [6, 6.07) is 137. The molecule has 20 aromatic rings. The lowest BCUT2D eigenvalue weighted by Crippen LogP contribution is -2.00. The number of aryl methyl sites for hydroxylation is 2.